The standard InChI is InChI=1S/C19H21N3O6/c1-27-8-6-20-10-17(23)22-12-18(24)21(11-14-3-2-7-28-14)15-5-4-13(19(25)26)9-16(15)22/h2-5,7,9,20H,6,8,10-12H2,1H3,(H,25,26). The first-order valence-corrected chi connectivity index (χ1v) is 8.71. The maximum Gasteiger partial charge on any atom is 0.335 e. The molecule has 2 amide bonds. The van der Waals surface area contributed by atoms with Gasteiger partial charge in [-0.3, -0.25) is 14.5 Å². The molecule has 0 saturated carbocycles. The van der Waals surface area contributed by atoms with Crippen LogP contribution < -0.4 is 15.1 Å². The van der Waals surface area contributed by atoms with E-state index >= 15 is 0 Å². The molecule has 148 valence electrons. The number of furan rings is 1. The third kappa shape index (κ3) is 4.21. The Balaban J connectivity index is 1.90. The number of hydrogen-bond acceptors (Lipinski definition) is 6. The van der Waals surface area contributed by atoms with Gasteiger partial charge in [0.2, 0.25) is 11.8 Å². The number of methoxy groups -OCH3 is 1. The Hall–Kier alpha value is -3.17. The summed E-state index contributed by atoms with van der Waals surface area (Å²) in [6, 6.07) is 7.83. The summed E-state index contributed by atoms with van der Waals surface area (Å²) in [4.78, 5) is 39.6. The zero-order chi connectivity index (χ0) is 20.1. The Kier molecular flexibility index (Phi) is 6.07. The first-order chi connectivity index (χ1) is 13.5. The highest BCUT2D eigenvalue weighted by Gasteiger charge is 2.33. The fourth-order valence-corrected chi connectivity index (χ4v) is 2.96. The van der Waals surface area contributed by atoms with E-state index in [1.807, 2.05) is 0 Å². The van der Waals surface area contributed by atoms with Crippen molar-refractivity contribution in [2.45, 2.75) is 6.54 Å². The summed E-state index contributed by atoms with van der Waals surface area (Å²) in [5.74, 6) is -1.13. The lowest BCUT2D eigenvalue weighted by Crippen LogP contribution is -2.50. The van der Waals surface area contributed by atoms with Crippen LogP contribution in [0.1, 0.15) is 16.1 Å². The molecule has 3 rings (SSSR count). The molecule has 0 saturated heterocycles. The van der Waals surface area contributed by atoms with E-state index in [1.54, 1.807) is 19.2 Å². The predicted octanol–water partition coefficient (Wildman–Crippen LogP) is 1.09. The summed E-state index contributed by atoms with van der Waals surface area (Å²) in [6.45, 7) is 0.950. The van der Waals surface area contributed by atoms with Gasteiger partial charge in [0.1, 0.15) is 12.3 Å². The fourth-order valence-electron chi connectivity index (χ4n) is 2.96. The number of benzene rings is 1. The third-order valence-corrected chi connectivity index (χ3v) is 4.35. The molecule has 0 atom stereocenters. The van der Waals surface area contributed by atoms with Crippen LogP contribution in [0, 0.1) is 0 Å². The van der Waals surface area contributed by atoms with Crippen LogP contribution in [0.15, 0.2) is 41.0 Å². The van der Waals surface area contributed by atoms with Crippen LogP contribution in [-0.2, 0) is 20.9 Å². The zero-order valence-corrected chi connectivity index (χ0v) is 15.4. The number of amides is 2. The molecule has 1 aliphatic heterocycles. The maximum absolute atomic E-state index is 12.7. The van der Waals surface area contributed by atoms with Gasteiger partial charge in [0.15, 0.2) is 0 Å². The Morgan fingerprint density at radius 2 is 2.11 bits per heavy atom. The number of ether oxygens (including phenoxy) is 1. The largest absolute Gasteiger partial charge is 0.478 e. The quantitative estimate of drug-likeness (QED) is 0.652. The number of aromatic carboxylic acids is 1. The lowest BCUT2D eigenvalue weighted by molar-refractivity contribution is -0.122. The number of carboxylic acid groups (broad SMARTS) is 1. The molecule has 9 heteroatoms. The van der Waals surface area contributed by atoms with E-state index in [2.05, 4.69) is 5.32 Å². The summed E-state index contributed by atoms with van der Waals surface area (Å²) >= 11 is 0. The third-order valence-electron chi connectivity index (χ3n) is 4.35. The number of anilines is 2. The van der Waals surface area contributed by atoms with Crippen LogP contribution in [-0.4, -0.2) is 56.2 Å². The summed E-state index contributed by atoms with van der Waals surface area (Å²) in [5.41, 5.74) is 0.878. The number of nitrogens with zero attached hydrogens (tertiary/aromatic N) is 2. The molecule has 1 aromatic heterocycles. The minimum atomic E-state index is -1.11. The molecule has 0 unspecified atom stereocenters. The lowest BCUT2D eigenvalue weighted by Gasteiger charge is -2.36. The van der Waals surface area contributed by atoms with Crippen molar-refractivity contribution in [1.29, 1.82) is 0 Å². The minimum absolute atomic E-state index is 0.00552. The number of fused-ring (bicyclic) bond motifs is 1. The SMILES string of the molecule is COCCNCC(=O)N1CC(=O)N(Cc2ccco2)c2ccc(C(=O)O)cc21. The summed E-state index contributed by atoms with van der Waals surface area (Å²) in [7, 11) is 1.56. The highest BCUT2D eigenvalue weighted by Crippen LogP contribution is 2.35. The van der Waals surface area contributed by atoms with E-state index in [1.165, 1.54) is 34.3 Å². The number of nitrogens with one attached hydrogen (secondary N) is 1. The van der Waals surface area contributed by atoms with Crippen molar-refractivity contribution < 1.29 is 28.6 Å². The van der Waals surface area contributed by atoms with Gasteiger partial charge in [-0.1, -0.05) is 0 Å². The zero-order valence-electron chi connectivity index (χ0n) is 15.4. The van der Waals surface area contributed by atoms with Gasteiger partial charge < -0.3 is 24.5 Å². The van der Waals surface area contributed by atoms with Gasteiger partial charge in [-0.05, 0) is 30.3 Å². The van der Waals surface area contributed by atoms with Gasteiger partial charge in [-0.2, -0.15) is 0 Å². The summed E-state index contributed by atoms with van der Waals surface area (Å²) < 4.78 is 10.2. The second kappa shape index (κ2) is 8.68. The Morgan fingerprint density at radius 1 is 1.29 bits per heavy atom. The van der Waals surface area contributed by atoms with Gasteiger partial charge in [0.25, 0.3) is 0 Å². The number of rotatable bonds is 8. The average Bonchev–Trinajstić information content (AvgIpc) is 3.19. The maximum atomic E-state index is 12.7. The van der Waals surface area contributed by atoms with Crippen molar-refractivity contribution in [2.24, 2.45) is 0 Å². The van der Waals surface area contributed by atoms with Crippen LogP contribution in [0.3, 0.4) is 0 Å². The number of carboxylic acids is 1. The van der Waals surface area contributed by atoms with Crippen molar-refractivity contribution >= 4 is 29.2 Å². The summed E-state index contributed by atoms with van der Waals surface area (Å²) in [5, 5.41) is 12.3. The molecule has 0 spiro atoms. The van der Waals surface area contributed by atoms with Gasteiger partial charge in [-0.15, -0.1) is 0 Å². The number of carbonyl (C=O) groups excluding carboxylic acids is 2. The first kappa shape index (κ1) is 19.6. The average molecular weight is 387 g/mol. The molecule has 1 aromatic carbocycles. The topological polar surface area (TPSA) is 112 Å². The number of hydrogen-bond donors (Lipinski definition) is 2. The van der Waals surface area contributed by atoms with Crippen LogP contribution in [0.2, 0.25) is 0 Å². The fraction of sp³-hybridized carbons (Fsp3) is 0.316. The normalized spacial score (nSPS) is 13.5. The highest BCUT2D eigenvalue weighted by atomic mass is 16.5. The molecular weight excluding hydrogens is 366 g/mol. The monoisotopic (exact) mass is 387 g/mol. The second-order valence-electron chi connectivity index (χ2n) is 6.22. The van der Waals surface area contributed by atoms with Crippen LogP contribution in [0.4, 0.5) is 11.4 Å². The molecule has 1 aliphatic rings. The Labute approximate surface area is 161 Å². The van der Waals surface area contributed by atoms with E-state index in [0.29, 0.717) is 30.3 Å². The molecule has 0 aliphatic carbocycles. The van der Waals surface area contributed by atoms with E-state index in [9.17, 15) is 19.5 Å². The minimum Gasteiger partial charge on any atom is -0.478 e. The van der Waals surface area contributed by atoms with Gasteiger partial charge in [-0.25, -0.2) is 4.79 Å². The van der Waals surface area contributed by atoms with Crippen molar-refractivity contribution in [3.63, 3.8) is 0 Å². The first-order valence-electron chi connectivity index (χ1n) is 8.71. The predicted molar refractivity (Wildman–Crippen MR) is 100 cm³/mol. The van der Waals surface area contributed by atoms with E-state index in [4.69, 9.17) is 9.15 Å². The smallest absolute Gasteiger partial charge is 0.335 e. The lowest BCUT2D eigenvalue weighted by atomic mass is 10.1. The van der Waals surface area contributed by atoms with Crippen molar-refractivity contribution in [3.05, 3.63) is 47.9 Å². The molecular formula is C19H21N3O6. The van der Waals surface area contributed by atoms with Crippen LogP contribution in [0.5, 0.6) is 0 Å². The molecule has 2 heterocycles. The van der Waals surface area contributed by atoms with Crippen LogP contribution in [0.25, 0.3) is 0 Å². The van der Waals surface area contributed by atoms with E-state index < -0.39 is 5.97 Å². The molecule has 0 fully saturated rings. The van der Waals surface area contributed by atoms with Gasteiger partial charge in [0.05, 0.1) is 42.9 Å². The molecule has 0 bridgehead atoms. The second-order valence-corrected chi connectivity index (χ2v) is 6.22. The van der Waals surface area contributed by atoms with E-state index in [-0.39, 0.29) is 37.0 Å². The highest BCUT2D eigenvalue weighted by molar-refractivity contribution is 6.12. The molecule has 0 radical (unpaired) electrons. The van der Waals surface area contributed by atoms with E-state index in [0.717, 1.165) is 0 Å². The summed E-state index contributed by atoms with van der Waals surface area (Å²) in [6.07, 6.45) is 1.51. The van der Waals surface area contributed by atoms with Crippen LogP contribution >= 0.6 is 0 Å². The molecule has 2 N–H and O–H groups in total. The van der Waals surface area contributed by atoms with Crippen molar-refractivity contribution in [2.75, 3.05) is 43.2 Å². The van der Waals surface area contributed by atoms with Gasteiger partial charge in [0, 0.05) is 13.7 Å². The number of carbonyl (C=O) groups is 3. The molecule has 28 heavy (non-hydrogen) atoms. The Bertz CT molecular complexity index is 865. The molecule has 9 nitrogen and oxygen atoms in total. The molecule has 2 aromatic rings. The van der Waals surface area contributed by atoms with Crippen molar-refractivity contribution in [1.82, 2.24) is 5.32 Å². The Morgan fingerprint density at radius 3 is 2.79 bits per heavy atom. The van der Waals surface area contributed by atoms with Gasteiger partial charge >= 0.3 is 5.97 Å². The van der Waals surface area contributed by atoms with Crippen molar-refractivity contribution in [3.8, 4) is 0 Å².